The first-order valence-electron chi connectivity index (χ1n) is 6.14. The Hall–Kier alpha value is -1.57. The molecule has 0 radical (unpaired) electrons. The number of piperazine rings is 1. The average molecular weight is 257 g/mol. The van der Waals surface area contributed by atoms with Crippen molar-refractivity contribution in [3.8, 4) is 6.07 Å². The van der Waals surface area contributed by atoms with Crippen molar-refractivity contribution in [3.05, 3.63) is 29.1 Å². The van der Waals surface area contributed by atoms with E-state index in [1.807, 2.05) is 6.07 Å². The lowest BCUT2D eigenvalue weighted by Gasteiger charge is -2.34. The molecule has 0 saturated carbocycles. The van der Waals surface area contributed by atoms with Crippen molar-refractivity contribution in [2.24, 2.45) is 0 Å². The van der Waals surface area contributed by atoms with Gasteiger partial charge in [-0.05, 0) is 25.2 Å². The predicted molar refractivity (Wildman–Crippen MR) is 76.3 cm³/mol. The second-order valence-corrected chi connectivity index (χ2v) is 5.79. The Balaban J connectivity index is 2.01. The van der Waals surface area contributed by atoms with Gasteiger partial charge in [-0.3, -0.25) is 0 Å². The van der Waals surface area contributed by atoms with Crippen molar-refractivity contribution in [1.29, 1.82) is 5.26 Å². The Bertz CT molecular complexity index is 603. The van der Waals surface area contributed by atoms with Crippen molar-refractivity contribution in [3.63, 3.8) is 0 Å². The molecule has 0 N–H and O–H groups in total. The Kier molecular flexibility index (Phi) is 2.94. The Morgan fingerprint density at radius 3 is 2.72 bits per heavy atom. The van der Waals surface area contributed by atoms with Crippen LogP contribution in [-0.4, -0.2) is 38.1 Å². The molecule has 0 unspecified atom stereocenters. The van der Waals surface area contributed by atoms with Crippen LogP contribution in [0.25, 0.3) is 10.1 Å². The average Bonchev–Trinajstić information content (AvgIpc) is 2.82. The third kappa shape index (κ3) is 1.96. The highest BCUT2D eigenvalue weighted by Gasteiger charge is 2.17. The van der Waals surface area contributed by atoms with E-state index in [-0.39, 0.29) is 0 Å². The summed E-state index contributed by atoms with van der Waals surface area (Å²) in [5, 5.41) is 10.2. The lowest BCUT2D eigenvalue weighted by molar-refractivity contribution is 0.313. The van der Waals surface area contributed by atoms with Crippen LogP contribution in [0.1, 0.15) is 4.88 Å². The van der Waals surface area contributed by atoms with Gasteiger partial charge in [0.1, 0.15) is 10.9 Å². The van der Waals surface area contributed by atoms with Gasteiger partial charge in [-0.15, -0.1) is 11.3 Å². The van der Waals surface area contributed by atoms with Crippen LogP contribution in [-0.2, 0) is 0 Å². The molecule has 0 bridgehead atoms. The van der Waals surface area contributed by atoms with Crippen molar-refractivity contribution >= 4 is 27.1 Å². The molecule has 3 rings (SSSR count). The zero-order valence-electron chi connectivity index (χ0n) is 10.4. The summed E-state index contributed by atoms with van der Waals surface area (Å²) >= 11 is 1.58. The molecule has 1 aromatic carbocycles. The van der Waals surface area contributed by atoms with E-state index in [4.69, 9.17) is 5.26 Å². The predicted octanol–water partition coefficient (Wildman–Crippen LogP) is 2.52. The normalized spacial score (nSPS) is 17.0. The van der Waals surface area contributed by atoms with Crippen LogP contribution in [0.3, 0.4) is 0 Å². The van der Waals surface area contributed by atoms with Crippen molar-refractivity contribution in [1.82, 2.24) is 4.90 Å². The molecule has 0 aliphatic carbocycles. The van der Waals surface area contributed by atoms with E-state index >= 15 is 0 Å². The Labute approximate surface area is 111 Å². The minimum Gasteiger partial charge on any atom is -0.368 e. The van der Waals surface area contributed by atoms with Gasteiger partial charge in [0.15, 0.2) is 0 Å². The first kappa shape index (κ1) is 11.5. The first-order valence-corrected chi connectivity index (χ1v) is 6.96. The number of likely N-dealkylation sites (N-methyl/N-ethyl adjacent to an activating group) is 1. The zero-order valence-corrected chi connectivity index (χ0v) is 11.2. The number of nitriles is 1. The molecule has 1 saturated heterocycles. The third-order valence-corrected chi connectivity index (χ3v) is 4.50. The van der Waals surface area contributed by atoms with Gasteiger partial charge in [0.2, 0.25) is 0 Å². The fraction of sp³-hybridized carbons (Fsp3) is 0.357. The molecular formula is C14H15N3S. The molecule has 1 aliphatic rings. The van der Waals surface area contributed by atoms with Gasteiger partial charge < -0.3 is 9.80 Å². The molecular weight excluding hydrogens is 242 g/mol. The highest BCUT2D eigenvalue weighted by atomic mass is 32.1. The van der Waals surface area contributed by atoms with Crippen molar-refractivity contribution in [2.75, 3.05) is 38.1 Å². The van der Waals surface area contributed by atoms with Crippen LogP contribution in [0, 0.1) is 11.3 Å². The molecule has 0 atom stereocenters. The number of anilines is 1. The fourth-order valence-corrected chi connectivity index (χ4v) is 3.30. The van der Waals surface area contributed by atoms with Crippen LogP contribution >= 0.6 is 11.3 Å². The molecule has 1 fully saturated rings. The minimum atomic E-state index is 0.798. The van der Waals surface area contributed by atoms with E-state index in [1.165, 1.54) is 15.8 Å². The quantitative estimate of drug-likeness (QED) is 0.786. The Morgan fingerprint density at radius 1 is 1.22 bits per heavy atom. The van der Waals surface area contributed by atoms with Crippen LogP contribution < -0.4 is 4.90 Å². The second kappa shape index (κ2) is 4.60. The molecule has 92 valence electrons. The van der Waals surface area contributed by atoms with Gasteiger partial charge in [-0.25, -0.2) is 0 Å². The summed E-state index contributed by atoms with van der Waals surface area (Å²) in [6.07, 6.45) is 0. The summed E-state index contributed by atoms with van der Waals surface area (Å²) in [6, 6.07) is 10.6. The summed E-state index contributed by atoms with van der Waals surface area (Å²) in [4.78, 5) is 5.58. The van der Waals surface area contributed by atoms with Gasteiger partial charge in [-0.2, -0.15) is 5.26 Å². The molecule has 1 aromatic heterocycles. The van der Waals surface area contributed by atoms with E-state index in [2.05, 4.69) is 41.1 Å². The highest BCUT2D eigenvalue weighted by molar-refractivity contribution is 7.19. The van der Waals surface area contributed by atoms with Gasteiger partial charge in [0, 0.05) is 42.0 Å². The van der Waals surface area contributed by atoms with Crippen molar-refractivity contribution in [2.45, 2.75) is 0 Å². The van der Waals surface area contributed by atoms with E-state index in [0.717, 1.165) is 31.1 Å². The molecule has 1 aliphatic heterocycles. The van der Waals surface area contributed by atoms with Gasteiger partial charge in [-0.1, -0.05) is 6.07 Å². The number of hydrogen-bond donors (Lipinski definition) is 0. The summed E-state index contributed by atoms with van der Waals surface area (Å²) in [5.74, 6) is 0. The van der Waals surface area contributed by atoms with Crippen LogP contribution in [0.2, 0.25) is 0 Å². The maximum Gasteiger partial charge on any atom is 0.110 e. The molecule has 18 heavy (non-hydrogen) atoms. The largest absolute Gasteiger partial charge is 0.368 e. The number of rotatable bonds is 1. The summed E-state index contributed by atoms with van der Waals surface area (Å²) < 4.78 is 1.21. The van der Waals surface area contributed by atoms with Gasteiger partial charge in [0.25, 0.3) is 0 Å². The van der Waals surface area contributed by atoms with Crippen molar-refractivity contribution < 1.29 is 0 Å². The monoisotopic (exact) mass is 257 g/mol. The number of fused-ring (bicyclic) bond motifs is 1. The Morgan fingerprint density at radius 2 is 2.00 bits per heavy atom. The highest BCUT2D eigenvalue weighted by Crippen LogP contribution is 2.33. The topological polar surface area (TPSA) is 30.3 Å². The maximum atomic E-state index is 9.01. The summed E-state index contributed by atoms with van der Waals surface area (Å²) in [5.41, 5.74) is 1.28. The van der Waals surface area contributed by atoms with Crippen LogP contribution in [0.15, 0.2) is 24.3 Å². The summed E-state index contributed by atoms with van der Waals surface area (Å²) in [7, 11) is 2.16. The standard InChI is InChI=1S/C14H15N3S/c1-16-5-7-17(8-6-16)13-3-2-4-14-12(13)9-11(10-15)18-14/h2-4,9H,5-8H2,1H3. The second-order valence-electron chi connectivity index (χ2n) is 4.70. The molecule has 0 spiro atoms. The minimum absolute atomic E-state index is 0.798. The first-order chi connectivity index (χ1) is 8.78. The maximum absolute atomic E-state index is 9.01. The molecule has 2 aromatic rings. The molecule has 3 nitrogen and oxygen atoms in total. The number of nitrogens with zero attached hydrogens (tertiary/aromatic N) is 3. The smallest absolute Gasteiger partial charge is 0.110 e. The summed E-state index contributed by atoms with van der Waals surface area (Å²) in [6.45, 7) is 4.33. The van der Waals surface area contributed by atoms with E-state index < -0.39 is 0 Å². The number of thiophene rings is 1. The molecule has 4 heteroatoms. The molecule has 0 amide bonds. The van der Waals surface area contributed by atoms with Gasteiger partial charge >= 0.3 is 0 Å². The number of hydrogen-bond acceptors (Lipinski definition) is 4. The number of benzene rings is 1. The third-order valence-electron chi connectivity index (χ3n) is 3.49. The lowest BCUT2D eigenvalue weighted by atomic mass is 10.2. The van der Waals surface area contributed by atoms with Crippen LogP contribution in [0.5, 0.6) is 0 Å². The van der Waals surface area contributed by atoms with E-state index in [9.17, 15) is 0 Å². The van der Waals surface area contributed by atoms with Crippen LogP contribution in [0.4, 0.5) is 5.69 Å². The SMILES string of the molecule is CN1CCN(c2cccc3sc(C#N)cc23)CC1. The van der Waals surface area contributed by atoms with E-state index in [0.29, 0.717) is 0 Å². The lowest BCUT2D eigenvalue weighted by Crippen LogP contribution is -2.44. The zero-order chi connectivity index (χ0) is 12.5. The van der Waals surface area contributed by atoms with E-state index in [1.54, 1.807) is 11.3 Å². The van der Waals surface area contributed by atoms with Gasteiger partial charge in [0.05, 0.1) is 0 Å². The fourth-order valence-electron chi connectivity index (χ4n) is 2.42. The molecule has 2 heterocycles.